The van der Waals surface area contributed by atoms with Gasteiger partial charge in [0.25, 0.3) is 11.8 Å². The highest BCUT2D eigenvalue weighted by atomic mass is 32.1. The van der Waals surface area contributed by atoms with Gasteiger partial charge in [-0.1, -0.05) is 39.0 Å². The summed E-state index contributed by atoms with van der Waals surface area (Å²) in [6.45, 7) is 7.99. The second-order valence-corrected chi connectivity index (χ2v) is 7.74. The molecule has 0 saturated carbocycles. The molecule has 2 aromatic carbocycles. The first kappa shape index (κ1) is 24.1. The lowest BCUT2D eigenvalue weighted by Crippen LogP contribution is -2.49. The van der Waals surface area contributed by atoms with Crippen LogP contribution in [0, 0.1) is 0 Å². The molecule has 0 bridgehead atoms. The SMILES string of the molecule is CCC(C)Oc1cccc(C(=O)NC(=S)NNC(=O)COc2ccc(C(C)C)cc2)c1. The molecule has 2 aromatic rings. The number of benzene rings is 2. The molecule has 0 saturated heterocycles. The van der Waals surface area contributed by atoms with Crippen LogP contribution < -0.4 is 25.6 Å². The van der Waals surface area contributed by atoms with E-state index in [1.807, 2.05) is 38.1 Å². The van der Waals surface area contributed by atoms with E-state index in [1.54, 1.807) is 24.3 Å². The maximum absolute atomic E-state index is 12.4. The molecule has 0 aliphatic rings. The molecule has 0 heterocycles. The first-order chi connectivity index (χ1) is 14.8. The van der Waals surface area contributed by atoms with Crippen LogP contribution in [0.3, 0.4) is 0 Å². The highest BCUT2D eigenvalue weighted by Gasteiger charge is 2.11. The summed E-state index contributed by atoms with van der Waals surface area (Å²) in [5.41, 5.74) is 6.46. The lowest BCUT2D eigenvalue weighted by Gasteiger charge is -2.14. The summed E-state index contributed by atoms with van der Waals surface area (Å²) in [5, 5.41) is 2.47. The number of hydrazine groups is 1. The van der Waals surface area contributed by atoms with Crippen molar-refractivity contribution in [3.63, 3.8) is 0 Å². The van der Waals surface area contributed by atoms with Gasteiger partial charge in [-0.05, 0) is 67.4 Å². The van der Waals surface area contributed by atoms with Crippen LogP contribution in [0.5, 0.6) is 11.5 Å². The van der Waals surface area contributed by atoms with Crippen molar-refractivity contribution in [2.75, 3.05) is 6.61 Å². The number of nitrogens with one attached hydrogen (secondary N) is 3. The van der Waals surface area contributed by atoms with Crippen LogP contribution in [-0.4, -0.2) is 29.6 Å². The van der Waals surface area contributed by atoms with E-state index in [2.05, 4.69) is 30.0 Å². The zero-order chi connectivity index (χ0) is 22.8. The minimum Gasteiger partial charge on any atom is -0.491 e. The van der Waals surface area contributed by atoms with E-state index in [0.29, 0.717) is 23.0 Å². The second kappa shape index (κ2) is 11.9. The summed E-state index contributed by atoms with van der Waals surface area (Å²) in [6.07, 6.45) is 0.906. The topological polar surface area (TPSA) is 88.7 Å². The van der Waals surface area contributed by atoms with Crippen LogP contribution in [0.2, 0.25) is 0 Å². The minimum atomic E-state index is -0.437. The smallest absolute Gasteiger partial charge is 0.276 e. The van der Waals surface area contributed by atoms with Crippen molar-refractivity contribution in [1.29, 1.82) is 0 Å². The van der Waals surface area contributed by atoms with Gasteiger partial charge in [0.05, 0.1) is 6.10 Å². The van der Waals surface area contributed by atoms with Crippen LogP contribution in [-0.2, 0) is 4.79 Å². The van der Waals surface area contributed by atoms with Gasteiger partial charge in [0.2, 0.25) is 0 Å². The van der Waals surface area contributed by atoms with Crippen molar-refractivity contribution in [2.45, 2.75) is 46.1 Å². The molecule has 3 N–H and O–H groups in total. The third kappa shape index (κ3) is 8.25. The van der Waals surface area contributed by atoms with Gasteiger partial charge >= 0.3 is 0 Å². The number of carbonyl (C=O) groups excluding carboxylic acids is 2. The average Bonchev–Trinajstić information content (AvgIpc) is 2.76. The average molecular weight is 444 g/mol. The standard InChI is InChI=1S/C23H29N3O4S/c1-5-16(4)30-20-8-6-7-18(13-20)22(28)24-23(31)26-25-21(27)14-29-19-11-9-17(10-12-19)15(2)3/h6-13,15-16H,5,14H2,1-4H3,(H,25,27)(H2,24,26,28,31). The van der Waals surface area contributed by atoms with Gasteiger partial charge in [-0.25, -0.2) is 0 Å². The summed E-state index contributed by atoms with van der Waals surface area (Å²) in [4.78, 5) is 24.3. The van der Waals surface area contributed by atoms with Gasteiger partial charge in [-0.2, -0.15) is 0 Å². The molecule has 2 amide bonds. The van der Waals surface area contributed by atoms with Gasteiger partial charge in [0.15, 0.2) is 11.7 Å². The third-order valence-electron chi connectivity index (χ3n) is 4.47. The molecule has 1 atom stereocenters. The van der Waals surface area contributed by atoms with Gasteiger partial charge < -0.3 is 9.47 Å². The Balaban J connectivity index is 1.76. The van der Waals surface area contributed by atoms with Crippen LogP contribution >= 0.6 is 12.2 Å². The molecule has 8 heteroatoms. The summed E-state index contributed by atoms with van der Waals surface area (Å²) in [6, 6.07) is 14.4. The van der Waals surface area contributed by atoms with Gasteiger partial charge in [-0.3, -0.25) is 25.8 Å². The maximum Gasteiger partial charge on any atom is 0.276 e. The molecule has 0 spiro atoms. The highest BCUT2D eigenvalue weighted by molar-refractivity contribution is 7.80. The Morgan fingerprint density at radius 3 is 2.35 bits per heavy atom. The van der Waals surface area contributed by atoms with E-state index in [9.17, 15) is 9.59 Å². The lowest BCUT2D eigenvalue weighted by atomic mass is 10.0. The normalized spacial score (nSPS) is 11.4. The summed E-state index contributed by atoms with van der Waals surface area (Å²) in [5.74, 6) is 0.770. The number of hydrogen-bond donors (Lipinski definition) is 3. The molecule has 0 aliphatic carbocycles. The number of thiocarbonyl (C=S) groups is 1. The predicted molar refractivity (Wildman–Crippen MR) is 124 cm³/mol. The molecule has 0 aliphatic heterocycles. The minimum absolute atomic E-state index is 0.0344. The largest absolute Gasteiger partial charge is 0.491 e. The van der Waals surface area contributed by atoms with Gasteiger partial charge in [0.1, 0.15) is 11.5 Å². The monoisotopic (exact) mass is 443 g/mol. The fraction of sp³-hybridized carbons (Fsp3) is 0.348. The first-order valence-electron chi connectivity index (χ1n) is 10.2. The van der Waals surface area contributed by atoms with Gasteiger partial charge in [0, 0.05) is 5.56 Å². The Morgan fingerprint density at radius 1 is 1.00 bits per heavy atom. The molecule has 166 valence electrons. The Labute approximate surface area is 188 Å². The van der Waals surface area contributed by atoms with Crippen LogP contribution in [0.1, 0.15) is 56.0 Å². The van der Waals surface area contributed by atoms with E-state index in [4.69, 9.17) is 21.7 Å². The van der Waals surface area contributed by atoms with E-state index >= 15 is 0 Å². The Hall–Kier alpha value is -3.13. The molecule has 31 heavy (non-hydrogen) atoms. The Bertz CT molecular complexity index is 900. The molecule has 0 fully saturated rings. The molecule has 0 aromatic heterocycles. The third-order valence-corrected chi connectivity index (χ3v) is 4.67. The van der Waals surface area contributed by atoms with Crippen molar-refractivity contribution >= 4 is 29.1 Å². The molecule has 7 nitrogen and oxygen atoms in total. The van der Waals surface area contributed by atoms with Gasteiger partial charge in [-0.15, -0.1) is 0 Å². The van der Waals surface area contributed by atoms with E-state index < -0.39 is 11.8 Å². The lowest BCUT2D eigenvalue weighted by molar-refractivity contribution is -0.123. The molecular weight excluding hydrogens is 414 g/mol. The zero-order valence-corrected chi connectivity index (χ0v) is 19.0. The fourth-order valence-electron chi connectivity index (χ4n) is 2.49. The van der Waals surface area contributed by atoms with Crippen molar-refractivity contribution in [3.05, 3.63) is 59.7 Å². The summed E-state index contributed by atoms with van der Waals surface area (Å²) >= 11 is 5.06. The fourth-order valence-corrected chi connectivity index (χ4v) is 2.64. The quantitative estimate of drug-likeness (QED) is 0.426. The van der Waals surface area contributed by atoms with E-state index in [1.165, 1.54) is 5.56 Å². The Kier molecular flexibility index (Phi) is 9.27. The predicted octanol–water partition coefficient (Wildman–Crippen LogP) is 3.70. The number of ether oxygens (including phenoxy) is 2. The van der Waals surface area contributed by atoms with E-state index in [0.717, 1.165) is 6.42 Å². The van der Waals surface area contributed by atoms with Crippen molar-refractivity contribution in [2.24, 2.45) is 0 Å². The molecule has 0 radical (unpaired) electrons. The van der Waals surface area contributed by atoms with E-state index in [-0.39, 0.29) is 17.8 Å². The summed E-state index contributed by atoms with van der Waals surface area (Å²) in [7, 11) is 0. The van der Waals surface area contributed by atoms with Crippen molar-refractivity contribution in [3.8, 4) is 11.5 Å². The van der Waals surface area contributed by atoms with Crippen LogP contribution in [0.4, 0.5) is 0 Å². The number of hydrogen-bond acceptors (Lipinski definition) is 5. The Morgan fingerprint density at radius 2 is 1.71 bits per heavy atom. The first-order valence-corrected chi connectivity index (χ1v) is 10.6. The van der Waals surface area contributed by atoms with Crippen LogP contribution in [0.15, 0.2) is 48.5 Å². The number of carbonyl (C=O) groups is 2. The molecule has 2 rings (SSSR count). The van der Waals surface area contributed by atoms with Crippen molar-refractivity contribution < 1.29 is 19.1 Å². The van der Waals surface area contributed by atoms with Crippen LogP contribution in [0.25, 0.3) is 0 Å². The highest BCUT2D eigenvalue weighted by Crippen LogP contribution is 2.18. The number of amides is 2. The second-order valence-electron chi connectivity index (χ2n) is 7.33. The van der Waals surface area contributed by atoms with Crippen molar-refractivity contribution in [1.82, 2.24) is 16.2 Å². The summed E-state index contributed by atoms with van der Waals surface area (Å²) < 4.78 is 11.2. The molecule has 1 unspecified atom stereocenters. The zero-order valence-electron chi connectivity index (χ0n) is 18.2. The molecular formula is C23H29N3O4S. The number of rotatable bonds is 8. The maximum atomic E-state index is 12.4.